The van der Waals surface area contributed by atoms with Crippen LogP contribution in [0.3, 0.4) is 0 Å². The van der Waals surface area contributed by atoms with Crippen molar-refractivity contribution in [3.8, 4) is 0 Å². The fraction of sp³-hybridized carbons (Fsp3) is 0.429. The lowest BCUT2D eigenvalue weighted by Crippen LogP contribution is -2.71. The average molecular weight is 524 g/mol. The van der Waals surface area contributed by atoms with Gasteiger partial charge >= 0.3 is 11.9 Å². The number of hydrogen-bond donors (Lipinski definition) is 3. The Hall–Kier alpha value is -3.39. The maximum atomic E-state index is 13.0. The van der Waals surface area contributed by atoms with Gasteiger partial charge in [-0.05, 0) is 33.3 Å². The second-order valence-corrected chi connectivity index (χ2v) is 10.5. The smallest absolute Gasteiger partial charge is 0.358 e. The van der Waals surface area contributed by atoms with Crippen LogP contribution in [0.2, 0.25) is 0 Å². The largest absolute Gasteiger partial charge is 0.427 e. The number of fused-ring (bicyclic) bond motifs is 1. The molecule has 3 heterocycles. The molecule has 12 nitrogen and oxygen atoms in total. The van der Waals surface area contributed by atoms with Gasteiger partial charge in [-0.15, -0.1) is 23.1 Å². The summed E-state index contributed by atoms with van der Waals surface area (Å²) in [6.07, 6.45) is 3.40. The molecule has 0 radical (unpaired) electrons. The molecule has 0 saturated carbocycles. The number of nitrogens with zero attached hydrogens (tertiary/aromatic N) is 3. The SMILES string of the molecule is C/C=C\C1=C(C(=O)OCOC(=O)C(C)(C)C)N2C(=O)[C@@H](NC(=O)/C(=N\O)c3csc(N)n3)[C@@H]2SC1. The van der Waals surface area contributed by atoms with E-state index in [1.54, 1.807) is 39.8 Å². The molecule has 1 fully saturated rings. The number of allylic oxidation sites excluding steroid dienone is 2. The van der Waals surface area contributed by atoms with Crippen molar-refractivity contribution >= 4 is 57.7 Å². The maximum absolute atomic E-state index is 13.0. The molecule has 2 aliphatic rings. The Morgan fingerprint density at radius 2 is 2.09 bits per heavy atom. The van der Waals surface area contributed by atoms with Crippen molar-refractivity contribution in [1.29, 1.82) is 0 Å². The van der Waals surface area contributed by atoms with Crippen LogP contribution in [0.5, 0.6) is 0 Å². The monoisotopic (exact) mass is 523 g/mol. The molecule has 1 aromatic rings. The molecule has 14 heteroatoms. The van der Waals surface area contributed by atoms with E-state index in [1.807, 2.05) is 0 Å². The van der Waals surface area contributed by atoms with E-state index in [1.165, 1.54) is 22.0 Å². The Balaban J connectivity index is 1.72. The highest BCUT2D eigenvalue weighted by molar-refractivity contribution is 8.00. The Morgan fingerprint density at radius 1 is 1.37 bits per heavy atom. The predicted octanol–water partition coefficient (Wildman–Crippen LogP) is 1.22. The molecule has 188 valence electrons. The Labute approximate surface area is 209 Å². The fourth-order valence-corrected chi connectivity index (χ4v) is 5.07. The molecule has 0 unspecified atom stereocenters. The lowest BCUT2D eigenvalue weighted by Gasteiger charge is -2.49. The highest BCUT2D eigenvalue weighted by atomic mass is 32.2. The van der Waals surface area contributed by atoms with Crippen molar-refractivity contribution in [2.45, 2.75) is 39.1 Å². The first-order valence-corrected chi connectivity index (χ1v) is 12.3. The summed E-state index contributed by atoms with van der Waals surface area (Å²) < 4.78 is 10.1. The van der Waals surface area contributed by atoms with Gasteiger partial charge in [0.1, 0.15) is 22.8 Å². The van der Waals surface area contributed by atoms with Crippen molar-refractivity contribution in [3.63, 3.8) is 0 Å². The molecular weight excluding hydrogens is 498 g/mol. The minimum atomic E-state index is -0.978. The average Bonchev–Trinajstić information content (AvgIpc) is 3.22. The lowest BCUT2D eigenvalue weighted by molar-refractivity contribution is -0.173. The van der Waals surface area contributed by atoms with Gasteiger partial charge in [-0.2, -0.15) is 0 Å². The molecule has 1 aromatic heterocycles. The summed E-state index contributed by atoms with van der Waals surface area (Å²) in [5.41, 5.74) is 5.03. The zero-order valence-corrected chi connectivity index (χ0v) is 21.1. The quantitative estimate of drug-likeness (QED) is 0.118. The number of carbonyl (C=O) groups is 4. The van der Waals surface area contributed by atoms with Crippen molar-refractivity contribution in [2.24, 2.45) is 10.6 Å². The van der Waals surface area contributed by atoms with Gasteiger partial charge in [-0.1, -0.05) is 17.3 Å². The molecule has 4 N–H and O–H groups in total. The van der Waals surface area contributed by atoms with Gasteiger partial charge in [0.15, 0.2) is 10.8 Å². The summed E-state index contributed by atoms with van der Waals surface area (Å²) in [6, 6.07) is -0.978. The van der Waals surface area contributed by atoms with Crippen molar-refractivity contribution < 1.29 is 33.9 Å². The van der Waals surface area contributed by atoms with Gasteiger partial charge in [0.25, 0.3) is 11.8 Å². The number of β-lactam (4-membered cyclic amide) rings is 1. The molecule has 0 aromatic carbocycles. The second kappa shape index (κ2) is 10.5. The molecule has 0 bridgehead atoms. The van der Waals surface area contributed by atoms with E-state index < -0.39 is 53.1 Å². The third-order valence-corrected chi connectivity index (χ3v) is 6.89. The Kier molecular flexibility index (Phi) is 7.85. The van der Waals surface area contributed by atoms with Gasteiger partial charge < -0.3 is 25.7 Å². The first-order chi connectivity index (χ1) is 16.5. The molecule has 1 saturated heterocycles. The minimum absolute atomic E-state index is 0.0116. The number of oxime groups is 1. The number of nitrogen functional groups attached to an aromatic ring is 1. The van der Waals surface area contributed by atoms with Crippen LogP contribution in [-0.2, 0) is 28.7 Å². The number of aromatic nitrogens is 1. The van der Waals surface area contributed by atoms with Crippen LogP contribution in [0.1, 0.15) is 33.4 Å². The van der Waals surface area contributed by atoms with E-state index in [-0.39, 0.29) is 16.5 Å². The molecule has 2 atom stereocenters. The Morgan fingerprint density at radius 3 is 2.66 bits per heavy atom. The number of nitrogens with two attached hydrogens (primary N) is 1. The van der Waals surface area contributed by atoms with E-state index in [4.69, 9.17) is 15.2 Å². The van der Waals surface area contributed by atoms with Crippen LogP contribution >= 0.6 is 23.1 Å². The molecular formula is C21H25N5O7S2. The van der Waals surface area contributed by atoms with E-state index in [9.17, 15) is 24.4 Å². The van der Waals surface area contributed by atoms with Gasteiger partial charge in [-0.25, -0.2) is 9.78 Å². The third kappa shape index (κ3) is 5.48. The summed E-state index contributed by atoms with van der Waals surface area (Å²) in [4.78, 5) is 55.5. The predicted molar refractivity (Wildman–Crippen MR) is 128 cm³/mol. The summed E-state index contributed by atoms with van der Waals surface area (Å²) in [7, 11) is 0. The number of carbonyl (C=O) groups excluding carboxylic acids is 4. The zero-order valence-electron chi connectivity index (χ0n) is 19.4. The number of ether oxygens (including phenoxy) is 2. The molecule has 35 heavy (non-hydrogen) atoms. The standard InChI is InChI=1S/C21H25N5O7S2/c1-5-6-10-7-34-17-13(24-15(27)12(25-31)11-8-35-20(22)23-11)16(28)26(17)14(10)18(29)32-9-33-19(30)21(2,3)4/h5-6,8,13,17,31H,7,9H2,1-4H3,(H2,22,23)(H,24,27)/b6-5-,25-12-/t13-,17+/m1/s1. The van der Waals surface area contributed by atoms with Crippen LogP contribution in [0.25, 0.3) is 0 Å². The first-order valence-electron chi connectivity index (χ1n) is 10.4. The molecule has 0 aliphatic carbocycles. The third-order valence-electron chi connectivity index (χ3n) is 4.92. The summed E-state index contributed by atoms with van der Waals surface area (Å²) in [5.74, 6) is -2.39. The Bertz CT molecular complexity index is 1140. The van der Waals surface area contributed by atoms with Gasteiger partial charge in [0.2, 0.25) is 6.79 Å². The van der Waals surface area contributed by atoms with Crippen molar-refractivity contribution in [3.05, 3.63) is 34.5 Å². The molecule has 3 rings (SSSR count). The van der Waals surface area contributed by atoms with Crippen LogP contribution < -0.4 is 11.1 Å². The number of anilines is 1. The highest BCUT2D eigenvalue weighted by Crippen LogP contribution is 2.41. The number of rotatable bonds is 7. The van der Waals surface area contributed by atoms with E-state index in [2.05, 4.69) is 15.5 Å². The molecule has 0 spiro atoms. The van der Waals surface area contributed by atoms with E-state index in [0.29, 0.717) is 11.3 Å². The minimum Gasteiger partial charge on any atom is -0.427 e. The fourth-order valence-electron chi connectivity index (χ4n) is 3.20. The molecule has 2 amide bonds. The van der Waals surface area contributed by atoms with Crippen molar-refractivity contribution in [1.82, 2.24) is 15.2 Å². The summed E-state index contributed by atoms with van der Waals surface area (Å²) >= 11 is 2.40. The number of esters is 2. The number of thiazole rings is 1. The number of amides is 2. The molecule has 2 aliphatic heterocycles. The normalized spacial score (nSPS) is 20.4. The second-order valence-electron chi connectivity index (χ2n) is 8.49. The van der Waals surface area contributed by atoms with Crippen LogP contribution in [0.15, 0.2) is 34.0 Å². The van der Waals surface area contributed by atoms with Crippen molar-refractivity contribution in [2.75, 3.05) is 18.3 Å². The summed E-state index contributed by atoms with van der Waals surface area (Å²) in [5, 5.41) is 15.8. The topological polar surface area (TPSA) is 174 Å². The number of thioether (sulfide) groups is 1. The van der Waals surface area contributed by atoms with E-state index >= 15 is 0 Å². The maximum Gasteiger partial charge on any atom is 0.358 e. The van der Waals surface area contributed by atoms with Gasteiger partial charge in [-0.3, -0.25) is 19.3 Å². The highest BCUT2D eigenvalue weighted by Gasteiger charge is 2.54. The zero-order chi connectivity index (χ0) is 25.9. The van der Waals surface area contributed by atoms with E-state index in [0.717, 1.165) is 11.3 Å². The van der Waals surface area contributed by atoms with Crippen LogP contribution in [-0.4, -0.2) is 68.5 Å². The first kappa shape index (κ1) is 26.2. The lowest BCUT2D eigenvalue weighted by atomic mass is 9.98. The number of hydrogen-bond acceptors (Lipinski definition) is 12. The summed E-state index contributed by atoms with van der Waals surface area (Å²) in [6.45, 7) is 6.15. The van der Waals surface area contributed by atoms with Gasteiger partial charge in [0, 0.05) is 11.1 Å². The van der Waals surface area contributed by atoms with Gasteiger partial charge in [0.05, 0.1) is 5.41 Å². The van der Waals surface area contributed by atoms with Crippen LogP contribution in [0.4, 0.5) is 5.13 Å². The number of nitrogens with one attached hydrogen (secondary N) is 1. The van der Waals surface area contributed by atoms with Crippen LogP contribution in [0, 0.1) is 5.41 Å².